The average molecular weight is 136 g/mol. The van der Waals surface area contributed by atoms with E-state index < -0.39 is 0 Å². The molecule has 0 aromatic heterocycles. The molecule has 2 unspecified atom stereocenters. The lowest BCUT2D eigenvalue weighted by molar-refractivity contribution is 0.560. The van der Waals surface area contributed by atoms with E-state index in [0.717, 1.165) is 5.92 Å². The minimum absolute atomic E-state index is 0.701. The van der Waals surface area contributed by atoms with Gasteiger partial charge in [0.15, 0.2) is 0 Å². The fraction of sp³-hybridized carbons (Fsp3) is 0.600. The Labute approximate surface area is 63.6 Å². The second kappa shape index (κ2) is 3.05. The van der Waals surface area contributed by atoms with Gasteiger partial charge in [0.25, 0.3) is 0 Å². The maximum atomic E-state index is 3.83. The Kier molecular flexibility index (Phi) is 2.31. The zero-order chi connectivity index (χ0) is 7.56. The highest BCUT2D eigenvalue weighted by atomic mass is 14.3. The van der Waals surface area contributed by atoms with Gasteiger partial charge in [0, 0.05) is 0 Å². The van der Waals surface area contributed by atoms with Crippen molar-refractivity contribution in [2.24, 2.45) is 17.8 Å². The molecule has 0 aromatic rings. The van der Waals surface area contributed by atoms with Gasteiger partial charge >= 0.3 is 0 Å². The van der Waals surface area contributed by atoms with Gasteiger partial charge in [-0.15, -0.1) is 13.2 Å². The zero-order valence-electron chi connectivity index (χ0n) is 6.72. The molecule has 0 saturated heterocycles. The highest BCUT2D eigenvalue weighted by Gasteiger charge is 2.26. The fourth-order valence-corrected chi connectivity index (χ4v) is 1.92. The van der Waals surface area contributed by atoms with Crippen LogP contribution in [0.2, 0.25) is 0 Å². The number of hydrogen-bond donors (Lipinski definition) is 0. The molecular formula is C10H16. The van der Waals surface area contributed by atoms with Crippen molar-refractivity contribution in [3.05, 3.63) is 25.3 Å². The van der Waals surface area contributed by atoms with Crippen LogP contribution >= 0.6 is 0 Å². The Morgan fingerprint density at radius 2 is 1.50 bits per heavy atom. The molecule has 0 nitrogen and oxygen atoms in total. The first-order valence-electron chi connectivity index (χ1n) is 4.03. The first-order chi connectivity index (χ1) is 4.77. The van der Waals surface area contributed by atoms with Crippen molar-refractivity contribution < 1.29 is 0 Å². The Morgan fingerprint density at radius 3 is 1.80 bits per heavy atom. The van der Waals surface area contributed by atoms with E-state index in [1.54, 1.807) is 0 Å². The highest BCUT2D eigenvalue weighted by molar-refractivity contribution is 4.98. The first kappa shape index (κ1) is 7.59. The SMILES string of the molecule is C=CC1CC(C)CC1C=C. The van der Waals surface area contributed by atoms with Crippen LogP contribution in [0.1, 0.15) is 19.8 Å². The van der Waals surface area contributed by atoms with Gasteiger partial charge in [-0.3, -0.25) is 0 Å². The summed E-state index contributed by atoms with van der Waals surface area (Å²) in [4.78, 5) is 0. The van der Waals surface area contributed by atoms with E-state index in [2.05, 4.69) is 32.2 Å². The largest absolute Gasteiger partial charge is 0.103 e. The van der Waals surface area contributed by atoms with Crippen LogP contribution in [0.5, 0.6) is 0 Å². The molecule has 56 valence electrons. The maximum Gasteiger partial charge on any atom is -0.0171 e. The second-order valence-electron chi connectivity index (χ2n) is 3.38. The maximum absolute atomic E-state index is 3.83. The van der Waals surface area contributed by atoms with E-state index in [9.17, 15) is 0 Å². The van der Waals surface area contributed by atoms with Gasteiger partial charge in [-0.1, -0.05) is 19.1 Å². The Balaban J connectivity index is 2.56. The third kappa shape index (κ3) is 1.31. The van der Waals surface area contributed by atoms with Crippen LogP contribution in [0.15, 0.2) is 25.3 Å². The van der Waals surface area contributed by atoms with E-state index in [0.29, 0.717) is 11.8 Å². The van der Waals surface area contributed by atoms with E-state index in [1.807, 2.05) is 0 Å². The minimum atomic E-state index is 0.701. The molecular weight excluding hydrogens is 120 g/mol. The van der Waals surface area contributed by atoms with E-state index >= 15 is 0 Å². The van der Waals surface area contributed by atoms with Gasteiger partial charge < -0.3 is 0 Å². The molecule has 0 radical (unpaired) electrons. The highest BCUT2D eigenvalue weighted by Crippen LogP contribution is 2.37. The molecule has 1 aliphatic rings. The summed E-state index contributed by atoms with van der Waals surface area (Å²) in [5.41, 5.74) is 0. The molecule has 1 rings (SSSR count). The van der Waals surface area contributed by atoms with Gasteiger partial charge in [-0.05, 0) is 30.6 Å². The van der Waals surface area contributed by atoms with Crippen LogP contribution in [-0.2, 0) is 0 Å². The molecule has 0 amide bonds. The van der Waals surface area contributed by atoms with Gasteiger partial charge in [0.1, 0.15) is 0 Å². The second-order valence-corrected chi connectivity index (χ2v) is 3.38. The third-order valence-electron chi connectivity index (χ3n) is 2.50. The van der Waals surface area contributed by atoms with Crippen molar-refractivity contribution in [1.29, 1.82) is 0 Å². The summed E-state index contributed by atoms with van der Waals surface area (Å²) in [6, 6.07) is 0. The van der Waals surface area contributed by atoms with Gasteiger partial charge in [0.05, 0.1) is 0 Å². The predicted molar refractivity (Wildman–Crippen MR) is 45.8 cm³/mol. The molecule has 10 heavy (non-hydrogen) atoms. The van der Waals surface area contributed by atoms with Crippen LogP contribution in [0.4, 0.5) is 0 Å². The van der Waals surface area contributed by atoms with E-state index in [-0.39, 0.29) is 0 Å². The Bertz CT molecular complexity index is 119. The molecule has 0 heteroatoms. The molecule has 0 aliphatic heterocycles. The van der Waals surface area contributed by atoms with Crippen LogP contribution in [-0.4, -0.2) is 0 Å². The summed E-state index contributed by atoms with van der Waals surface area (Å²) >= 11 is 0. The molecule has 0 spiro atoms. The van der Waals surface area contributed by atoms with E-state index in [1.165, 1.54) is 12.8 Å². The van der Waals surface area contributed by atoms with Gasteiger partial charge in [-0.2, -0.15) is 0 Å². The van der Waals surface area contributed by atoms with Crippen molar-refractivity contribution >= 4 is 0 Å². The lowest BCUT2D eigenvalue weighted by Crippen LogP contribution is -1.99. The average Bonchev–Trinajstić information content (AvgIpc) is 2.30. The quantitative estimate of drug-likeness (QED) is 0.512. The summed E-state index contributed by atoms with van der Waals surface area (Å²) in [6.07, 6.45) is 6.77. The molecule has 0 heterocycles. The van der Waals surface area contributed by atoms with Crippen LogP contribution < -0.4 is 0 Å². The number of allylic oxidation sites excluding steroid dienone is 2. The number of hydrogen-bond acceptors (Lipinski definition) is 0. The monoisotopic (exact) mass is 136 g/mol. The number of rotatable bonds is 2. The minimum Gasteiger partial charge on any atom is -0.103 e. The van der Waals surface area contributed by atoms with Crippen molar-refractivity contribution in [2.45, 2.75) is 19.8 Å². The standard InChI is InChI=1S/C10H16/c1-4-9-6-8(3)7-10(9)5-2/h4-5,8-10H,1-2,6-7H2,3H3. The van der Waals surface area contributed by atoms with Gasteiger partial charge in [-0.25, -0.2) is 0 Å². The fourth-order valence-electron chi connectivity index (χ4n) is 1.92. The Morgan fingerprint density at radius 1 is 1.10 bits per heavy atom. The summed E-state index contributed by atoms with van der Waals surface area (Å²) in [5, 5.41) is 0. The van der Waals surface area contributed by atoms with Crippen molar-refractivity contribution in [2.75, 3.05) is 0 Å². The van der Waals surface area contributed by atoms with E-state index in [4.69, 9.17) is 0 Å². The zero-order valence-corrected chi connectivity index (χ0v) is 6.72. The summed E-state index contributed by atoms with van der Waals surface area (Å²) in [7, 11) is 0. The molecule has 0 N–H and O–H groups in total. The van der Waals surface area contributed by atoms with Crippen LogP contribution in [0.25, 0.3) is 0 Å². The molecule has 2 atom stereocenters. The molecule has 1 aliphatic carbocycles. The van der Waals surface area contributed by atoms with Crippen molar-refractivity contribution in [3.63, 3.8) is 0 Å². The van der Waals surface area contributed by atoms with Crippen molar-refractivity contribution in [3.8, 4) is 0 Å². The summed E-state index contributed by atoms with van der Waals surface area (Å²) < 4.78 is 0. The molecule has 0 bridgehead atoms. The topological polar surface area (TPSA) is 0 Å². The Hall–Kier alpha value is -0.520. The van der Waals surface area contributed by atoms with Crippen LogP contribution in [0.3, 0.4) is 0 Å². The molecule has 1 saturated carbocycles. The normalized spacial score (nSPS) is 39.5. The summed E-state index contributed by atoms with van der Waals surface area (Å²) in [6.45, 7) is 9.96. The van der Waals surface area contributed by atoms with Crippen LogP contribution in [0, 0.1) is 17.8 Å². The molecule has 1 fully saturated rings. The smallest absolute Gasteiger partial charge is 0.0171 e. The van der Waals surface area contributed by atoms with Gasteiger partial charge in [0.2, 0.25) is 0 Å². The summed E-state index contributed by atoms with van der Waals surface area (Å²) in [5.74, 6) is 2.27. The lowest BCUT2D eigenvalue weighted by atomic mass is 9.97. The first-order valence-corrected chi connectivity index (χ1v) is 4.03. The molecule has 0 aromatic carbocycles. The predicted octanol–water partition coefficient (Wildman–Crippen LogP) is 3.02. The lowest BCUT2D eigenvalue weighted by Gasteiger charge is -2.08. The van der Waals surface area contributed by atoms with Crippen molar-refractivity contribution in [1.82, 2.24) is 0 Å². The third-order valence-corrected chi connectivity index (χ3v) is 2.50.